The Morgan fingerprint density at radius 3 is 2.89 bits per heavy atom. The van der Waals surface area contributed by atoms with E-state index in [1.54, 1.807) is 0 Å². The Balaban J connectivity index is 1.54. The van der Waals surface area contributed by atoms with Gasteiger partial charge in [0.2, 0.25) is 0 Å². The van der Waals surface area contributed by atoms with E-state index in [4.69, 9.17) is 9.73 Å². The van der Waals surface area contributed by atoms with Crippen LogP contribution in [0.2, 0.25) is 0 Å². The molecule has 0 bridgehead atoms. The fourth-order valence-corrected chi connectivity index (χ4v) is 4.23. The number of hydrogen-bond donors (Lipinski definition) is 2. The predicted octanol–water partition coefficient (Wildman–Crippen LogP) is 2.04. The van der Waals surface area contributed by atoms with Crippen molar-refractivity contribution in [2.24, 2.45) is 12.0 Å². The second kappa shape index (κ2) is 11.2. The number of nitrogens with zero attached hydrogens (tertiary/aromatic N) is 4. The van der Waals surface area contributed by atoms with Crippen molar-refractivity contribution in [3.05, 3.63) is 40.3 Å². The van der Waals surface area contributed by atoms with Crippen molar-refractivity contribution in [1.29, 1.82) is 0 Å². The molecule has 1 aliphatic rings. The van der Waals surface area contributed by atoms with E-state index in [0.29, 0.717) is 6.04 Å². The summed E-state index contributed by atoms with van der Waals surface area (Å²) in [7, 11) is 1.95. The van der Waals surface area contributed by atoms with Gasteiger partial charge in [0.15, 0.2) is 5.96 Å². The number of aromatic nitrogens is 2. The van der Waals surface area contributed by atoms with Crippen LogP contribution in [0.15, 0.2) is 34.9 Å². The number of ether oxygens (including phenoxy) is 1. The third kappa shape index (κ3) is 6.32. The van der Waals surface area contributed by atoms with Crippen molar-refractivity contribution in [2.75, 3.05) is 45.9 Å². The zero-order valence-electron chi connectivity index (χ0n) is 16.9. The maximum absolute atomic E-state index is 5.53. The molecule has 3 rings (SSSR count). The molecule has 8 heteroatoms. The molecule has 0 saturated carbocycles. The Morgan fingerprint density at radius 1 is 1.36 bits per heavy atom. The van der Waals surface area contributed by atoms with E-state index in [1.807, 2.05) is 29.3 Å². The van der Waals surface area contributed by atoms with Crippen LogP contribution in [-0.4, -0.2) is 66.6 Å². The van der Waals surface area contributed by atoms with Gasteiger partial charge < -0.3 is 15.4 Å². The Labute approximate surface area is 171 Å². The Morgan fingerprint density at radius 2 is 2.21 bits per heavy atom. The monoisotopic (exact) mass is 404 g/mol. The van der Waals surface area contributed by atoms with Gasteiger partial charge in [0.05, 0.1) is 32.0 Å². The lowest BCUT2D eigenvalue weighted by Crippen LogP contribution is -2.41. The molecule has 0 aliphatic carbocycles. The summed E-state index contributed by atoms with van der Waals surface area (Å²) in [5.41, 5.74) is 1.27. The maximum atomic E-state index is 5.53. The molecule has 3 heterocycles. The fourth-order valence-electron chi connectivity index (χ4n) is 3.38. The smallest absolute Gasteiger partial charge is 0.191 e. The lowest BCUT2D eigenvalue weighted by Gasteiger charge is -2.33. The summed E-state index contributed by atoms with van der Waals surface area (Å²) in [5, 5.41) is 13.2. The molecule has 2 aromatic rings. The van der Waals surface area contributed by atoms with Gasteiger partial charge in [0.1, 0.15) is 0 Å². The third-order valence-corrected chi connectivity index (χ3v) is 5.79. The van der Waals surface area contributed by atoms with E-state index in [0.717, 1.165) is 64.7 Å². The molecule has 0 spiro atoms. The molecule has 154 valence electrons. The zero-order chi connectivity index (χ0) is 19.6. The van der Waals surface area contributed by atoms with E-state index >= 15 is 0 Å². The fraction of sp³-hybridized carbons (Fsp3) is 0.600. The molecule has 1 unspecified atom stereocenters. The molecule has 1 aliphatic heterocycles. The summed E-state index contributed by atoms with van der Waals surface area (Å²) in [5.74, 6) is 0.892. The first-order valence-electron chi connectivity index (χ1n) is 10.1. The van der Waals surface area contributed by atoms with Gasteiger partial charge >= 0.3 is 0 Å². The second-order valence-corrected chi connectivity index (χ2v) is 7.93. The van der Waals surface area contributed by atoms with Crippen LogP contribution in [0.1, 0.15) is 29.8 Å². The minimum Gasteiger partial charge on any atom is -0.379 e. The molecule has 7 nitrogen and oxygen atoms in total. The topological polar surface area (TPSA) is 66.7 Å². The van der Waals surface area contributed by atoms with Crippen LogP contribution in [-0.2, 0) is 18.2 Å². The van der Waals surface area contributed by atoms with E-state index in [-0.39, 0.29) is 0 Å². The zero-order valence-corrected chi connectivity index (χ0v) is 17.7. The number of nitrogens with one attached hydrogen (secondary N) is 2. The number of aryl methyl sites for hydroxylation is 2. The molecule has 1 fully saturated rings. The maximum Gasteiger partial charge on any atom is 0.191 e. The minimum absolute atomic E-state index is 0.315. The first-order valence-corrected chi connectivity index (χ1v) is 11.0. The highest BCUT2D eigenvalue weighted by Crippen LogP contribution is 2.26. The molecule has 2 N–H and O–H groups in total. The second-order valence-electron chi connectivity index (χ2n) is 6.95. The normalized spacial score (nSPS) is 16.9. The van der Waals surface area contributed by atoms with Gasteiger partial charge in [0, 0.05) is 44.3 Å². The van der Waals surface area contributed by atoms with Crippen LogP contribution in [0.25, 0.3) is 0 Å². The summed E-state index contributed by atoms with van der Waals surface area (Å²) in [6.07, 6.45) is 6.08. The number of hydrogen-bond acceptors (Lipinski definition) is 5. The molecule has 1 atom stereocenters. The third-order valence-electron chi connectivity index (χ3n) is 4.82. The molecular formula is C20H32N6OS. The van der Waals surface area contributed by atoms with Crippen molar-refractivity contribution in [3.8, 4) is 0 Å². The highest BCUT2D eigenvalue weighted by Gasteiger charge is 2.23. The summed E-state index contributed by atoms with van der Waals surface area (Å²) < 4.78 is 7.38. The Hall–Kier alpha value is -1.90. The van der Waals surface area contributed by atoms with Crippen LogP contribution < -0.4 is 10.6 Å². The van der Waals surface area contributed by atoms with Crippen molar-refractivity contribution in [3.63, 3.8) is 0 Å². The number of morpholine rings is 1. The first-order chi connectivity index (χ1) is 13.8. The number of guanidine groups is 1. The summed E-state index contributed by atoms with van der Waals surface area (Å²) in [6, 6.07) is 4.66. The summed E-state index contributed by atoms with van der Waals surface area (Å²) in [6.45, 7) is 8.14. The van der Waals surface area contributed by atoms with Crippen molar-refractivity contribution in [1.82, 2.24) is 25.3 Å². The highest BCUT2D eigenvalue weighted by atomic mass is 32.1. The van der Waals surface area contributed by atoms with Crippen LogP contribution in [0.4, 0.5) is 0 Å². The number of aliphatic imine (C=N–C) groups is 1. The van der Waals surface area contributed by atoms with Crippen molar-refractivity contribution >= 4 is 17.3 Å². The van der Waals surface area contributed by atoms with Crippen molar-refractivity contribution < 1.29 is 4.74 Å². The molecule has 0 radical (unpaired) electrons. The van der Waals surface area contributed by atoms with Gasteiger partial charge in [-0.25, -0.2) is 0 Å². The van der Waals surface area contributed by atoms with E-state index < -0.39 is 0 Å². The summed E-state index contributed by atoms with van der Waals surface area (Å²) >= 11 is 1.81. The van der Waals surface area contributed by atoms with Gasteiger partial charge in [-0.05, 0) is 36.8 Å². The van der Waals surface area contributed by atoms with Crippen LogP contribution in [0.3, 0.4) is 0 Å². The van der Waals surface area contributed by atoms with Gasteiger partial charge in [-0.15, -0.1) is 11.3 Å². The largest absolute Gasteiger partial charge is 0.379 e. The van der Waals surface area contributed by atoms with Crippen LogP contribution in [0.5, 0.6) is 0 Å². The quantitative estimate of drug-likeness (QED) is 0.380. The standard InChI is InChI=1S/C20H32N6OS/c1-3-21-20(22-8-4-6-17-14-24-25(2)16-17)23-15-18(19-7-5-13-28-19)26-9-11-27-12-10-26/h5,7,13-14,16,18H,3-4,6,8-12,15H2,1-2H3,(H2,21,22,23). The first kappa shape index (κ1) is 20.8. The SMILES string of the molecule is CCNC(=NCC(c1cccs1)N1CCOCC1)NCCCc1cnn(C)c1. The van der Waals surface area contributed by atoms with Crippen LogP contribution >= 0.6 is 11.3 Å². The Kier molecular flexibility index (Phi) is 8.32. The molecule has 28 heavy (non-hydrogen) atoms. The van der Waals surface area contributed by atoms with Gasteiger partial charge in [-0.1, -0.05) is 6.07 Å². The van der Waals surface area contributed by atoms with Crippen LogP contribution in [0, 0.1) is 0 Å². The van der Waals surface area contributed by atoms with E-state index in [9.17, 15) is 0 Å². The predicted molar refractivity (Wildman–Crippen MR) is 115 cm³/mol. The minimum atomic E-state index is 0.315. The van der Waals surface area contributed by atoms with Gasteiger partial charge in [-0.3, -0.25) is 14.6 Å². The van der Waals surface area contributed by atoms with Crippen molar-refractivity contribution in [2.45, 2.75) is 25.8 Å². The lowest BCUT2D eigenvalue weighted by atomic mass is 10.2. The van der Waals surface area contributed by atoms with E-state index in [1.165, 1.54) is 10.4 Å². The van der Waals surface area contributed by atoms with Gasteiger partial charge in [-0.2, -0.15) is 5.10 Å². The molecule has 1 saturated heterocycles. The number of thiophene rings is 1. The molecule has 2 aromatic heterocycles. The molecule has 0 aromatic carbocycles. The lowest BCUT2D eigenvalue weighted by molar-refractivity contribution is 0.0186. The summed E-state index contributed by atoms with van der Waals surface area (Å²) in [4.78, 5) is 8.76. The Bertz CT molecular complexity index is 708. The highest BCUT2D eigenvalue weighted by molar-refractivity contribution is 7.10. The van der Waals surface area contributed by atoms with E-state index in [2.05, 4.69) is 51.3 Å². The molecule has 0 amide bonds. The average molecular weight is 405 g/mol. The van der Waals surface area contributed by atoms with Gasteiger partial charge in [0.25, 0.3) is 0 Å². The number of rotatable bonds is 9. The molecular weight excluding hydrogens is 372 g/mol. The average Bonchev–Trinajstić information content (AvgIpc) is 3.38.